The van der Waals surface area contributed by atoms with Crippen LogP contribution < -0.4 is 10.6 Å². The molecule has 1 atom stereocenters. The van der Waals surface area contributed by atoms with Crippen LogP contribution in [-0.4, -0.2) is 65.6 Å². The van der Waals surface area contributed by atoms with Crippen LogP contribution in [0.15, 0.2) is 11.1 Å². The molecule has 8 nitrogen and oxygen atoms in total. The molecule has 1 rings (SSSR count). The fraction of sp³-hybridized carbons (Fsp3) is 0.773. The molecule has 0 saturated carbocycles. The molecular weight excluding hydrogens is 507 g/mol. The van der Waals surface area contributed by atoms with Gasteiger partial charge < -0.3 is 20.3 Å². The quantitative estimate of drug-likeness (QED) is 0.211. The Kier molecular flexibility index (Phi) is 13.1. The Morgan fingerprint density at radius 2 is 1.97 bits per heavy atom. The van der Waals surface area contributed by atoms with Crippen LogP contribution in [0, 0.1) is 19.8 Å². The maximum atomic E-state index is 12.1. The maximum Gasteiger partial charge on any atom is 0.407 e. The van der Waals surface area contributed by atoms with Crippen molar-refractivity contribution >= 4 is 36.0 Å². The maximum absolute atomic E-state index is 12.1. The van der Waals surface area contributed by atoms with E-state index in [9.17, 15) is 4.79 Å². The Morgan fingerprint density at radius 3 is 2.45 bits per heavy atom. The van der Waals surface area contributed by atoms with Crippen molar-refractivity contribution in [2.24, 2.45) is 10.9 Å². The lowest BCUT2D eigenvalue weighted by molar-refractivity contribution is 0.0486. The molecular formula is C22H43IN6O2. The molecule has 2 N–H and O–H groups in total. The number of nitrogens with zero attached hydrogens (tertiary/aromatic N) is 4. The van der Waals surface area contributed by atoms with Crippen LogP contribution in [0.25, 0.3) is 0 Å². The van der Waals surface area contributed by atoms with Gasteiger partial charge in [-0.25, -0.2) is 4.79 Å². The van der Waals surface area contributed by atoms with Gasteiger partial charge in [-0.05, 0) is 59.4 Å². The zero-order valence-corrected chi connectivity index (χ0v) is 23.1. The van der Waals surface area contributed by atoms with Gasteiger partial charge in [-0.3, -0.25) is 9.67 Å². The van der Waals surface area contributed by atoms with Crippen LogP contribution in [0.4, 0.5) is 4.79 Å². The number of hydrogen-bond acceptors (Lipinski definition) is 4. The Hall–Kier alpha value is -1.52. The summed E-state index contributed by atoms with van der Waals surface area (Å²) in [4.78, 5) is 18.6. The molecule has 1 heterocycles. The second-order valence-electron chi connectivity index (χ2n) is 9.18. The van der Waals surface area contributed by atoms with Crippen LogP contribution in [0.3, 0.4) is 0 Å². The van der Waals surface area contributed by atoms with Crippen LogP contribution in [0.2, 0.25) is 0 Å². The van der Waals surface area contributed by atoms with Gasteiger partial charge in [0.1, 0.15) is 5.60 Å². The highest BCUT2D eigenvalue weighted by atomic mass is 127. The van der Waals surface area contributed by atoms with Crippen molar-refractivity contribution in [1.29, 1.82) is 0 Å². The van der Waals surface area contributed by atoms with E-state index in [2.05, 4.69) is 52.5 Å². The second kappa shape index (κ2) is 13.8. The number of carbonyl (C=O) groups excluding carboxylic acids is 1. The van der Waals surface area contributed by atoms with E-state index in [0.29, 0.717) is 5.92 Å². The summed E-state index contributed by atoms with van der Waals surface area (Å²) in [6, 6.07) is 2.13. The van der Waals surface area contributed by atoms with Crippen molar-refractivity contribution in [1.82, 2.24) is 25.3 Å². The summed E-state index contributed by atoms with van der Waals surface area (Å²) < 4.78 is 7.44. The summed E-state index contributed by atoms with van der Waals surface area (Å²) in [5.41, 5.74) is 1.74. The molecule has 1 amide bonds. The fourth-order valence-electron chi connectivity index (χ4n) is 3.18. The van der Waals surface area contributed by atoms with Crippen LogP contribution in [0.1, 0.15) is 58.8 Å². The number of carbonyl (C=O) groups is 1. The molecule has 0 bridgehead atoms. The highest BCUT2D eigenvalue weighted by molar-refractivity contribution is 14.0. The van der Waals surface area contributed by atoms with E-state index in [1.807, 2.05) is 39.4 Å². The smallest absolute Gasteiger partial charge is 0.407 e. The first kappa shape index (κ1) is 29.5. The molecule has 0 fully saturated rings. The van der Waals surface area contributed by atoms with Gasteiger partial charge in [-0.15, -0.1) is 24.0 Å². The van der Waals surface area contributed by atoms with Crippen molar-refractivity contribution in [2.45, 2.75) is 79.5 Å². The average Bonchev–Trinajstić information content (AvgIpc) is 2.93. The minimum Gasteiger partial charge on any atom is -0.444 e. The van der Waals surface area contributed by atoms with Crippen LogP contribution in [0.5, 0.6) is 0 Å². The number of guanidine groups is 1. The number of rotatable bonds is 9. The predicted molar refractivity (Wildman–Crippen MR) is 138 cm³/mol. The van der Waals surface area contributed by atoms with E-state index in [1.165, 1.54) is 5.69 Å². The Labute approximate surface area is 205 Å². The Morgan fingerprint density at radius 1 is 1.32 bits per heavy atom. The topological polar surface area (TPSA) is 83.8 Å². The minimum atomic E-state index is -0.498. The van der Waals surface area contributed by atoms with Gasteiger partial charge in [0.15, 0.2) is 5.96 Å². The van der Waals surface area contributed by atoms with E-state index >= 15 is 0 Å². The van der Waals surface area contributed by atoms with Gasteiger partial charge in [0.2, 0.25) is 0 Å². The lowest BCUT2D eigenvalue weighted by Gasteiger charge is -2.28. The molecule has 1 aromatic rings. The molecule has 0 aliphatic rings. The lowest BCUT2D eigenvalue weighted by Crippen LogP contribution is -2.45. The van der Waals surface area contributed by atoms with E-state index < -0.39 is 5.60 Å². The number of alkyl carbamates (subject to hydrolysis) is 1. The van der Waals surface area contributed by atoms with Crippen molar-refractivity contribution in [3.63, 3.8) is 0 Å². The summed E-state index contributed by atoms with van der Waals surface area (Å²) in [7, 11) is 3.81. The highest BCUT2D eigenvalue weighted by Gasteiger charge is 2.22. The molecule has 0 saturated heterocycles. The Bertz CT molecular complexity index is 697. The highest BCUT2D eigenvalue weighted by Crippen LogP contribution is 2.11. The van der Waals surface area contributed by atoms with Gasteiger partial charge in [0, 0.05) is 45.5 Å². The molecule has 1 unspecified atom stereocenters. The summed E-state index contributed by atoms with van der Waals surface area (Å²) >= 11 is 0. The number of aryl methyl sites for hydroxylation is 3. The van der Waals surface area contributed by atoms with Crippen molar-refractivity contribution in [3.05, 3.63) is 17.5 Å². The number of ether oxygens (including phenoxy) is 1. The lowest BCUT2D eigenvalue weighted by atomic mass is 10.0. The van der Waals surface area contributed by atoms with E-state index in [4.69, 9.17) is 4.74 Å². The normalized spacial score (nSPS) is 12.9. The van der Waals surface area contributed by atoms with Gasteiger partial charge >= 0.3 is 6.09 Å². The average molecular weight is 551 g/mol. The summed E-state index contributed by atoms with van der Waals surface area (Å²) in [6.07, 6.45) is 1.40. The van der Waals surface area contributed by atoms with E-state index in [0.717, 1.165) is 44.1 Å². The molecule has 31 heavy (non-hydrogen) atoms. The number of amides is 1. The number of halogens is 1. The summed E-state index contributed by atoms with van der Waals surface area (Å²) in [5.74, 6) is 1.16. The van der Waals surface area contributed by atoms with Crippen molar-refractivity contribution in [3.8, 4) is 0 Å². The first-order valence-corrected chi connectivity index (χ1v) is 10.8. The van der Waals surface area contributed by atoms with Crippen molar-refractivity contribution < 1.29 is 9.53 Å². The standard InChI is InChI=1S/C22H42N6O2.HI/c1-16(2)19(25-21(29)30-22(5,6)7)11-14-27(9)20(23-8)24-12-10-13-28-18(4)15-17(3)26-28;/h15-16,19H,10-14H2,1-9H3,(H,23,24)(H,25,29);1H. The molecule has 180 valence electrons. The van der Waals surface area contributed by atoms with Gasteiger partial charge in [0.05, 0.1) is 5.69 Å². The summed E-state index contributed by atoms with van der Waals surface area (Å²) in [6.45, 7) is 16.4. The monoisotopic (exact) mass is 550 g/mol. The minimum absolute atomic E-state index is 0. The third-order valence-corrected chi connectivity index (χ3v) is 4.79. The van der Waals surface area contributed by atoms with E-state index in [-0.39, 0.29) is 36.1 Å². The predicted octanol–water partition coefficient (Wildman–Crippen LogP) is 3.95. The van der Waals surface area contributed by atoms with E-state index in [1.54, 1.807) is 7.05 Å². The molecule has 1 aromatic heterocycles. The molecule has 9 heteroatoms. The van der Waals surface area contributed by atoms with Gasteiger partial charge in [-0.1, -0.05) is 13.8 Å². The molecule has 0 spiro atoms. The SMILES string of the molecule is CN=C(NCCCn1nc(C)cc1C)N(C)CCC(NC(=O)OC(C)(C)C)C(C)C.I. The number of nitrogens with one attached hydrogen (secondary N) is 2. The number of aromatic nitrogens is 2. The third kappa shape index (κ3) is 11.6. The first-order valence-electron chi connectivity index (χ1n) is 10.8. The largest absolute Gasteiger partial charge is 0.444 e. The zero-order chi connectivity index (χ0) is 22.9. The molecule has 0 radical (unpaired) electrons. The second-order valence-corrected chi connectivity index (χ2v) is 9.18. The van der Waals surface area contributed by atoms with Crippen LogP contribution in [-0.2, 0) is 11.3 Å². The zero-order valence-electron chi connectivity index (χ0n) is 20.8. The molecule has 0 aromatic carbocycles. The first-order chi connectivity index (χ1) is 13.9. The van der Waals surface area contributed by atoms with Gasteiger partial charge in [-0.2, -0.15) is 5.10 Å². The molecule has 0 aliphatic heterocycles. The Balaban J connectivity index is 0.00000900. The number of aliphatic imine (C=N–C) groups is 1. The molecule has 0 aliphatic carbocycles. The van der Waals surface area contributed by atoms with Gasteiger partial charge in [0.25, 0.3) is 0 Å². The number of hydrogen-bond donors (Lipinski definition) is 2. The summed E-state index contributed by atoms with van der Waals surface area (Å²) in [5, 5.41) is 10.9. The van der Waals surface area contributed by atoms with Crippen molar-refractivity contribution in [2.75, 3.05) is 27.2 Å². The van der Waals surface area contributed by atoms with Crippen LogP contribution >= 0.6 is 24.0 Å². The third-order valence-electron chi connectivity index (χ3n) is 4.79. The fourth-order valence-corrected chi connectivity index (χ4v) is 3.18.